The van der Waals surface area contributed by atoms with Gasteiger partial charge in [0, 0.05) is 30.5 Å². The number of carbonyl (C=O) groups excluding carboxylic acids is 1. The van der Waals surface area contributed by atoms with Gasteiger partial charge in [0.1, 0.15) is 11.6 Å². The maximum absolute atomic E-state index is 12.0. The molecule has 0 spiro atoms. The first-order chi connectivity index (χ1) is 9.61. The highest BCUT2D eigenvalue weighted by atomic mass is 16.5. The van der Waals surface area contributed by atoms with Gasteiger partial charge in [0.25, 0.3) is 5.91 Å². The first-order valence-corrected chi connectivity index (χ1v) is 6.53. The number of benzene rings is 1. The van der Waals surface area contributed by atoms with Gasteiger partial charge >= 0.3 is 0 Å². The summed E-state index contributed by atoms with van der Waals surface area (Å²) in [7, 11) is 1.60. The van der Waals surface area contributed by atoms with E-state index in [0.717, 1.165) is 23.8 Å². The molecule has 0 saturated carbocycles. The first-order valence-electron chi connectivity index (χ1n) is 6.53. The van der Waals surface area contributed by atoms with Crippen LogP contribution >= 0.6 is 0 Å². The number of aryl methyl sites for hydroxylation is 2. The van der Waals surface area contributed by atoms with E-state index < -0.39 is 0 Å². The van der Waals surface area contributed by atoms with Gasteiger partial charge in [-0.3, -0.25) is 4.79 Å². The van der Waals surface area contributed by atoms with Gasteiger partial charge in [-0.15, -0.1) is 0 Å². The lowest BCUT2D eigenvalue weighted by atomic mass is 10.2. The average Bonchev–Trinajstić information content (AvgIpc) is 2.79. The number of nitrogens with zero attached hydrogens (tertiary/aromatic N) is 2. The highest BCUT2D eigenvalue weighted by molar-refractivity contribution is 5.94. The molecule has 1 amide bonds. The number of ether oxygens (including phenoxy) is 1. The van der Waals surface area contributed by atoms with E-state index in [2.05, 4.69) is 14.9 Å². The predicted molar refractivity (Wildman–Crippen MR) is 77.0 cm³/mol. The molecule has 0 radical (unpaired) electrons. The van der Waals surface area contributed by atoms with Crippen LogP contribution in [0.5, 0.6) is 5.75 Å². The van der Waals surface area contributed by atoms with Crippen molar-refractivity contribution in [2.24, 2.45) is 0 Å². The molecule has 0 aliphatic carbocycles. The number of hydrogen-bond acceptors (Lipinski definition) is 3. The van der Waals surface area contributed by atoms with Crippen LogP contribution in [0.3, 0.4) is 0 Å². The Hall–Kier alpha value is -2.30. The molecule has 106 valence electrons. The Morgan fingerprint density at radius 3 is 2.55 bits per heavy atom. The normalized spacial score (nSPS) is 10.3. The summed E-state index contributed by atoms with van der Waals surface area (Å²) in [4.78, 5) is 16.2. The van der Waals surface area contributed by atoms with Crippen molar-refractivity contribution in [3.05, 3.63) is 47.5 Å². The Labute approximate surface area is 118 Å². The molecule has 5 heteroatoms. The van der Waals surface area contributed by atoms with E-state index in [0.29, 0.717) is 12.1 Å². The molecule has 1 aromatic carbocycles. The van der Waals surface area contributed by atoms with Crippen LogP contribution in [-0.4, -0.2) is 29.1 Å². The molecule has 0 aliphatic heterocycles. The maximum Gasteiger partial charge on any atom is 0.251 e. The lowest BCUT2D eigenvalue weighted by Crippen LogP contribution is -2.27. The topological polar surface area (TPSA) is 56.1 Å². The lowest BCUT2D eigenvalue weighted by molar-refractivity contribution is 0.0952. The second kappa shape index (κ2) is 6.23. The second-order valence-corrected chi connectivity index (χ2v) is 4.58. The fraction of sp³-hybridized carbons (Fsp3) is 0.333. The Morgan fingerprint density at radius 2 is 2.00 bits per heavy atom. The summed E-state index contributed by atoms with van der Waals surface area (Å²) in [6, 6.07) is 7.06. The number of amides is 1. The molecule has 0 atom stereocenters. The number of imidazole rings is 1. The summed E-state index contributed by atoms with van der Waals surface area (Å²) in [5, 5.41) is 2.90. The molecule has 1 N–H and O–H groups in total. The summed E-state index contributed by atoms with van der Waals surface area (Å²) >= 11 is 0. The third-order valence-electron chi connectivity index (χ3n) is 3.23. The van der Waals surface area contributed by atoms with Crippen molar-refractivity contribution >= 4 is 5.91 Å². The Balaban J connectivity index is 1.89. The molecular formula is C15H19N3O2. The van der Waals surface area contributed by atoms with Crippen molar-refractivity contribution < 1.29 is 9.53 Å². The Kier molecular flexibility index (Phi) is 4.40. The molecule has 0 bridgehead atoms. The summed E-state index contributed by atoms with van der Waals surface area (Å²) in [6.45, 7) is 5.26. The molecule has 0 saturated heterocycles. The SMILES string of the molecule is COc1ccc(C(=O)NCCn2c(C)cnc2C)cc1. The number of nitrogens with one attached hydrogen (secondary N) is 1. The minimum absolute atomic E-state index is 0.0805. The van der Waals surface area contributed by atoms with Crippen molar-refractivity contribution in [2.45, 2.75) is 20.4 Å². The van der Waals surface area contributed by atoms with Crippen molar-refractivity contribution in [3.63, 3.8) is 0 Å². The van der Waals surface area contributed by atoms with E-state index in [-0.39, 0.29) is 5.91 Å². The third-order valence-corrected chi connectivity index (χ3v) is 3.23. The molecule has 1 aromatic heterocycles. The summed E-state index contributed by atoms with van der Waals surface area (Å²) < 4.78 is 7.14. The fourth-order valence-electron chi connectivity index (χ4n) is 2.05. The van der Waals surface area contributed by atoms with Gasteiger partial charge in [0.2, 0.25) is 0 Å². The largest absolute Gasteiger partial charge is 0.497 e. The zero-order chi connectivity index (χ0) is 14.5. The number of rotatable bonds is 5. The van der Waals surface area contributed by atoms with Gasteiger partial charge in [0.05, 0.1) is 7.11 Å². The van der Waals surface area contributed by atoms with Gasteiger partial charge < -0.3 is 14.6 Å². The van der Waals surface area contributed by atoms with Crippen LogP contribution in [0.25, 0.3) is 0 Å². The molecule has 1 heterocycles. The molecule has 2 rings (SSSR count). The van der Waals surface area contributed by atoms with E-state index >= 15 is 0 Å². The summed E-state index contributed by atoms with van der Waals surface area (Å²) in [5.41, 5.74) is 1.73. The van der Waals surface area contributed by atoms with Crippen LogP contribution < -0.4 is 10.1 Å². The molecule has 2 aromatic rings. The maximum atomic E-state index is 12.0. The van der Waals surface area contributed by atoms with Crippen molar-refractivity contribution in [1.29, 1.82) is 0 Å². The van der Waals surface area contributed by atoms with E-state index in [1.807, 2.05) is 20.0 Å². The zero-order valence-electron chi connectivity index (χ0n) is 12.0. The minimum atomic E-state index is -0.0805. The molecule has 0 fully saturated rings. The number of hydrogen-bond donors (Lipinski definition) is 1. The first kappa shape index (κ1) is 14.1. The van der Waals surface area contributed by atoms with E-state index in [1.165, 1.54) is 0 Å². The van der Waals surface area contributed by atoms with Crippen molar-refractivity contribution in [2.75, 3.05) is 13.7 Å². The van der Waals surface area contributed by atoms with Gasteiger partial charge in [-0.05, 0) is 38.1 Å². The Bertz CT molecular complexity index is 568. The highest BCUT2D eigenvalue weighted by Crippen LogP contribution is 2.11. The van der Waals surface area contributed by atoms with Crippen LogP contribution in [0.2, 0.25) is 0 Å². The molecule has 0 unspecified atom stereocenters. The van der Waals surface area contributed by atoms with Gasteiger partial charge in [-0.1, -0.05) is 0 Å². The van der Waals surface area contributed by atoms with E-state index in [4.69, 9.17) is 4.74 Å². The molecule has 20 heavy (non-hydrogen) atoms. The highest BCUT2D eigenvalue weighted by Gasteiger charge is 2.06. The molecule has 5 nitrogen and oxygen atoms in total. The minimum Gasteiger partial charge on any atom is -0.497 e. The van der Waals surface area contributed by atoms with Gasteiger partial charge in [-0.25, -0.2) is 4.98 Å². The number of carbonyl (C=O) groups is 1. The van der Waals surface area contributed by atoms with Gasteiger partial charge in [0.15, 0.2) is 0 Å². The lowest BCUT2D eigenvalue weighted by Gasteiger charge is -2.09. The van der Waals surface area contributed by atoms with Crippen molar-refractivity contribution in [3.8, 4) is 5.75 Å². The fourth-order valence-corrected chi connectivity index (χ4v) is 2.05. The van der Waals surface area contributed by atoms with E-state index in [1.54, 1.807) is 31.4 Å². The van der Waals surface area contributed by atoms with Crippen LogP contribution in [-0.2, 0) is 6.54 Å². The smallest absolute Gasteiger partial charge is 0.251 e. The Morgan fingerprint density at radius 1 is 1.30 bits per heavy atom. The van der Waals surface area contributed by atoms with Crippen molar-refractivity contribution in [1.82, 2.24) is 14.9 Å². The van der Waals surface area contributed by atoms with Gasteiger partial charge in [-0.2, -0.15) is 0 Å². The predicted octanol–water partition coefficient (Wildman–Crippen LogP) is 1.94. The van der Waals surface area contributed by atoms with Crippen LogP contribution in [0, 0.1) is 13.8 Å². The summed E-state index contributed by atoms with van der Waals surface area (Å²) in [5.74, 6) is 1.62. The van der Waals surface area contributed by atoms with Crippen LogP contribution in [0.15, 0.2) is 30.5 Å². The summed E-state index contributed by atoms with van der Waals surface area (Å²) in [6.07, 6.45) is 1.83. The standard InChI is InChI=1S/C15H19N3O2/c1-11-10-17-12(2)18(11)9-8-16-15(19)13-4-6-14(20-3)7-5-13/h4-7,10H,8-9H2,1-3H3,(H,16,19). The third kappa shape index (κ3) is 3.17. The van der Waals surface area contributed by atoms with Crippen LogP contribution in [0.1, 0.15) is 21.9 Å². The second-order valence-electron chi connectivity index (χ2n) is 4.58. The zero-order valence-corrected chi connectivity index (χ0v) is 12.0. The van der Waals surface area contributed by atoms with E-state index in [9.17, 15) is 4.79 Å². The van der Waals surface area contributed by atoms with Crippen LogP contribution in [0.4, 0.5) is 0 Å². The average molecular weight is 273 g/mol. The monoisotopic (exact) mass is 273 g/mol. The number of methoxy groups -OCH3 is 1. The quantitative estimate of drug-likeness (QED) is 0.905. The number of aromatic nitrogens is 2. The molecule has 0 aliphatic rings. The molecular weight excluding hydrogens is 254 g/mol.